The smallest absolute Gasteiger partial charge is 0.165 e. The summed E-state index contributed by atoms with van der Waals surface area (Å²) < 4.78 is 165. The molecule has 0 unspecified atom stereocenters. The Morgan fingerprint density at radius 1 is 0.179 bits per heavy atom. The third-order valence-corrected chi connectivity index (χ3v) is 17.9. The summed E-state index contributed by atoms with van der Waals surface area (Å²) in [4.78, 5) is 0. The molecule has 0 aliphatic carbocycles. The molecule has 0 fully saturated rings. The lowest BCUT2D eigenvalue weighted by molar-refractivity contribution is 0.436. The molecule has 95 heavy (non-hydrogen) atoms. The highest BCUT2D eigenvalue weighted by atomic mass is 35.5. The molecule has 9 aromatic rings. The van der Waals surface area contributed by atoms with Crippen molar-refractivity contribution in [3.8, 4) is 0 Å². The van der Waals surface area contributed by atoms with Crippen LogP contribution in [-0.2, 0) is 0 Å². The third-order valence-electron chi connectivity index (χ3n) is 13.6. The van der Waals surface area contributed by atoms with E-state index >= 15 is 0 Å². The van der Waals surface area contributed by atoms with Gasteiger partial charge in [0.05, 0.1) is 15.1 Å². The first-order valence-electron chi connectivity index (χ1n) is 27.9. The first kappa shape index (κ1) is 88.0. The van der Waals surface area contributed by atoms with E-state index in [1.165, 1.54) is 39.8 Å². The van der Waals surface area contributed by atoms with Crippen LogP contribution in [0.25, 0.3) is 0 Å². The summed E-state index contributed by atoms with van der Waals surface area (Å²) in [6, 6.07) is 21.2. The second-order valence-corrected chi connectivity index (χ2v) is 25.5. The second kappa shape index (κ2) is 40.1. The lowest BCUT2D eigenvalue weighted by Gasteiger charge is -2.05. The minimum absolute atomic E-state index is 0.00870. The minimum Gasteiger partial charge on any atom is -0.207 e. The van der Waals surface area contributed by atoms with Crippen LogP contribution in [0.3, 0.4) is 0 Å². The van der Waals surface area contributed by atoms with Crippen LogP contribution in [0.1, 0.15) is 100 Å². The van der Waals surface area contributed by atoms with Crippen molar-refractivity contribution in [1.82, 2.24) is 0 Å². The van der Waals surface area contributed by atoms with Crippen molar-refractivity contribution in [3.63, 3.8) is 0 Å². The first-order valence-corrected chi connectivity index (χ1v) is 31.6. The van der Waals surface area contributed by atoms with E-state index in [0.717, 1.165) is 96.1 Å². The Morgan fingerprint density at radius 2 is 0.463 bits per heavy atom. The molecular formula is C72H67Cl10F13. The van der Waals surface area contributed by atoms with Crippen LogP contribution in [0, 0.1) is 200 Å². The van der Waals surface area contributed by atoms with Gasteiger partial charge >= 0.3 is 0 Å². The van der Waals surface area contributed by atoms with E-state index in [0.29, 0.717) is 41.8 Å². The fourth-order valence-electron chi connectivity index (χ4n) is 7.04. The molecule has 0 radical (unpaired) electrons. The number of halogens is 23. The topological polar surface area (TPSA) is 0 Å². The standard InChI is InChI=1S/C8H7Cl3.2C8H8Cl2.3C8H8ClF.C8H6F4.2C8H7F3/c1-4-3-6(9)5(2)8(11)7(4)10;1-5-3-8(10)6(2)4-7(5)9;1-5-3-7(9)6(2)8(10)4-5;1-5-4-8(10)6(2)3-7(5)9;1-5-3-7(9)6(2)8(10)4-5;1-5-3-4-6(2)8(10)7(5)9;1-3-5(9)7(11)4(2)8(12)6(3)10;2*1-4-3-6(9)5(2)8(11)7(4)10/h3H,1-2H3;5*3-4H,1-2H3;1-2H3;2*3H,1-2H3. The molecule has 0 aliphatic heterocycles. The highest BCUT2D eigenvalue weighted by Crippen LogP contribution is 2.34. The summed E-state index contributed by atoms with van der Waals surface area (Å²) in [6.45, 7) is 28.9. The van der Waals surface area contributed by atoms with Crippen molar-refractivity contribution in [2.75, 3.05) is 0 Å². The van der Waals surface area contributed by atoms with Crippen molar-refractivity contribution < 1.29 is 57.1 Å². The molecule has 0 atom stereocenters. The third kappa shape index (κ3) is 26.3. The average Bonchev–Trinajstić information content (AvgIpc) is 0.995. The van der Waals surface area contributed by atoms with Gasteiger partial charge in [-0.05, 0) is 264 Å². The Kier molecular flexibility index (Phi) is 37.2. The first-order chi connectivity index (χ1) is 43.6. The Bertz CT molecular complexity index is 3560. The summed E-state index contributed by atoms with van der Waals surface area (Å²) in [5, 5.41) is 6.21. The quantitative estimate of drug-likeness (QED) is 0.105. The van der Waals surface area contributed by atoms with E-state index in [9.17, 15) is 57.1 Å². The summed E-state index contributed by atoms with van der Waals surface area (Å²) in [7, 11) is 0. The molecule has 0 saturated carbocycles. The molecule has 9 rings (SSSR count). The number of aryl methyl sites for hydroxylation is 11. The number of hydrogen-bond donors (Lipinski definition) is 0. The summed E-state index contributed by atoms with van der Waals surface area (Å²) >= 11 is 57.9. The Morgan fingerprint density at radius 3 is 0.821 bits per heavy atom. The van der Waals surface area contributed by atoms with Gasteiger partial charge in [-0.15, -0.1) is 0 Å². The van der Waals surface area contributed by atoms with E-state index in [2.05, 4.69) is 0 Å². The van der Waals surface area contributed by atoms with Crippen LogP contribution in [0.4, 0.5) is 57.1 Å². The summed E-state index contributed by atoms with van der Waals surface area (Å²) in [5.74, 6) is -11.6. The Balaban J connectivity index is 0.000000535. The van der Waals surface area contributed by atoms with E-state index < -0.39 is 69.3 Å². The highest BCUT2D eigenvalue weighted by molar-refractivity contribution is 6.44. The van der Waals surface area contributed by atoms with Gasteiger partial charge in [0, 0.05) is 63.0 Å². The van der Waals surface area contributed by atoms with Gasteiger partial charge in [0.15, 0.2) is 46.5 Å². The number of benzene rings is 9. The van der Waals surface area contributed by atoms with E-state index in [1.807, 2.05) is 78.8 Å². The Labute approximate surface area is 598 Å². The molecule has 0 heterocycles. The fraction of sp³-hybridized carbons (Fsp3) is 0.250. The molecule has 0 spiro atoms. The van der Waals surface area contributed by atoms with Crippen LogP contribution in [0.2, 0.25) is 50.2 Å². The molecule has 0 nitrogen and oxygen atoms in total. The zero-order valence-corrected chi connectivity index (χ0v) is 62.3. The van der Waals surface area contributed by atoms with E-state index in [-0.39, 0.29) is 44.7 Å². The van der Waals surface area contributed by atoms with Crippen molar-refractivity contribution in [2.45, 2.75) is 125 Å². The van der Waals surface area contributed by atoms with Gasteiger partial charge in [0.25, 0.3) is 0 Å². The van der Waals surface area contributed by atoms with Gasteiger partial charge < -0.3 is 0 Å². The zero-order valence-electron chi connectivity index (χ0n) is 54.7. The summed E-state index contributed by atoms with van der Waals surface area (Å²) in [6.07, 6.45) is 0. The van der Waals surface area contributed by atoms with Crippen LogP contribution in [0.5, 0.6) is 0 Å². The Hall–Kier alpha value is -5.03. The van der Waals surface area contributed by atoms with Crippen molar-refractivity contribution in [3.05, 3.63) is 305 Å². The maximum Gasteiger partial charge on any atom is 0.165 e. The molecule has 0 N–H and O–H groups in total. The van der Waals surface area contributed by atoms with E-state index in [1.54, 1.807) is 58.9 Å². The van der Waals surface area contributed by atoms with Gasteiger partial charge in [-0.25, -0.2) is 57.1 Å². The zero-order chi connectivity index (χ0) is 73.9. The predicted molar refractivity (Wildman–Crippen MR) is 373 cm³/mol. The SMILES string of the molecule is Cc1c(F)c(F)c(C)c(F)c1F.Cc1cc(Cl)c(C)c(Cl)c1.Cc1cc(Cl)c(C)c(Cl)c1Cl.Cc1cc(Cl)c(C)cc1Cl.Cc1cc(Cl)c(C)cc1F.Cc1cc(F)c(C)c(Cl)c1.Cc1cc(F)c(C)c(F)c1F.Cc1cc(F)c(C)c(F)c1F.Cc1ccc(C)c(Cl)c1F. The summed E-state index contributed by atoms with van der Waals surface area (Å²) in [5.41, 5.74) is 8.16. The average molecular weight is 1530 g/mol. The van der Waals surface area contributed by atoms with Crippen LogP contribution < -0.4 is 0 Å². The minimum atomic E-state index is -1.33. The van der Waals surface area contributed by atoms with Crippen LogP contribution in [-0.4, -0.2) is 0 Å². The molecule has 23 heteroatoms. The monoisotopic (exact) mass is 1530 g/mol. The van der Waals surface area contributed by atoms with Gasteiger partial charge in [-0.2, -0.15) is 0 Å². The van der Waals surface area contributed by atoms with E-state index in [4.69, 9.17) is 116 Å². The maximum absolute atomic E-state index is 12.9. The maximum atomic E-state index is 12.9. The van der Waals surface area contributed by atoms with Crippen molar-refractivity contribution in [1.29, 1.82) is 0 Å². The second-order valence-electron chi connectivity index (χ2n) is 21.5. The van der Waals surface area contributed by atoms with Crippen LogP contribution in [0.15, 0.2) is 78.9 Å². The van der Waals surface area contributed by atoms with Crippen LogP contribution >= 0.6 is 116 Å². The normalized spacial score (nSPS) is 10.2. The molecule has 0 amide bonds. The van der Waals surface area contributed by atoms with Gasteiger partial charge in [-0.3, -0.25) is 0 Å². The molecular weight excluding hydrogens is 1470 g/mol. The highest BCUT2D eigenvalue weighted by Gasteiger charge is 2.20. The molecule has 0 saturated heterocycles. The lowest BCUT2D eigenvalue weighted by Crippen LogP contribution is -2.02. The van der Waals surface area contributed by atoms with Crippen molar-refractivity contribution >= 4 is 116 Å². The van der Waals surface area contributed by atoms with Gasteiger partial charge in [0.2, 0.25) is 0 Å². The fourth-order valence-corrected chi connectivity index (χ4v) is 9.52. The molecule has 0 bridgehead atoms. The van der Waals surface area contributed by atoms with Gasteiger partial charge in [-0.1, -0.05) is 128 Å². The predicted octanol–water partition coefficient (Wildman–Crippen LogP) is 29.1. The molecule has 0 aliphatic rings. The van der Waals surface area contributed by atoms with Crippen molar-refractivity contribution in [2.24, 2.45) is 0 Å². The van der Waals surface area contributed by atoms with Gasteiger partial charge in [0.1, 0.15) is 29.1 Å². The largest absolute Gasteiger partial charge is 0.207 e. The lowest BCUT2D eigenvalue weighted by atomic mass is 10.1. The molecule has 0 aromatic heterocycles. The molecule has 9 aromatic carbocycles. The molecule has 516 valence electrons. The number of hydrogen-bond acceptors (Lipinski definition) is 0. The number of rotatable bonds is 0.